The van der Waals surface area contributed by atoms with E-state index in [1.165, 1.54) is 23.1 Å². The predicted octanol–water partition coefficient (Wildman–Crippen LogP) is 3.85. The van der Waals surface area contributed by atoms with Crippen LogP contribution in [0.15, 0.2) is 18.2 Å². The van der Waals surface area contributed by atoms with Crippen molar-refractivity contribution in [1.29, 1.82) is 0 Å². The number of hydrogen-bond acceptors (Lipinski definition) is 1. The molecule has 0 aliphatic heterocycles. The van der Waals surface area contributed by atoms with Crippen LogP contribution in [0, 0.1) is 13.8 Å². The molecule has 1 atom stereocenters. The Labute approximate surface area is 101 Å². The fraction of sp³-hybridized carbons (Fsp3) is 0.500. The van der Waals surface area contributed by atoms with Gasteiger partial charge in [-0.1, -0.05) is 29.3 Å². The molecule has 1 nitrogen and oxygen atoms in total. The first-order chi connectivity index (χ1) is 6.72. The summed E-state index contributed by atoms with van der Waals surface area (Å²) in [6.45, 7) is 5.15. The molecule has 0 bridgehead atoms. The molecule has 0 aromatic heterocycles. The van der Waals surface area contributed by atoms with Crippen molar-refractivity contribution in [3.8, 4) is 0 Å². The van der Waals surface area contributed by atoms with Gasteiger partial charge in [0.05, 0.1) is 6.61 Å². The van der Waals surface area contributed by atoms with Crippen LogP contribution in [-0.4, -0.2) is 6.61 Å². The Morgan fingerprint density at radius 2 is 1.67 bits per heavy atom. The monoisotopic (exact) mass is 246 g/mol. The lowest BCUT2D eigenvalue weighted by Gasteiger charge is -2.04. The van der Waals surface area contributed by atoms with E-state index in [1.807, 2.05) is 0 Å². The Bertz CT molecular complexity index is 269. The molecular weight excluding hydrogens is 227 g/mol. The molecule has 1 unspecified atom stereocenters. The minimum absolute atomic E-state index is 0. The molecule has 0 aliphatic carbocycles. The van der Waals surface area contributed by atoms with E-state index in [2.05, 4.69) is 41.5 Å². The fourth-order valence-corrected chi connectivity index (χ4v) is 1.89. The van der Waals surface area contributed by atoms with Gasteiger partial charge in [-0.15, -0.1) is 12.4 Å². The van der Waals surface area contributed by atoms with Crippen molar-refractivity contribution in [3.63, 3.8) is 0 Å². The summed E-state index contributed by atoms with van der Waals surface area (Å²) in [5.41, 5.74) is 4.18. The molecule has 1 aromatic rings. The zero-order valence-corrected chi connectivity index (χ0v) is 11.4. The van der Waals surface area contributed by atoms with Crippen LogP contribution in [0.3, 0.4) is 0 Å². The summed E-state index contributed by atoms with van der Waals surface area (Å²) < 4.78 is 4.94. The van der Waals surface area contributed by atoms with E-state index < -0.39 is 0 Å². The highest BCUT2D eigenvalue weighted by Gasteiger charge is 1.96. The van der Waals surface area contributed by atoms with Crippen LogP contribution in [-0.2, 0) is 10.9 Å². The van der Waals surface area contributed by atoms with Crippen LogP contribution in [0.25, 0.3) is 0 Å². The lowest BCUT2D eigenvalue weighted by molar-refractivity contribution is 0.357. The fourth-order valence-electron chi connectivity index (χ4n) is 1.73. The van der Waals surface area contributed by atoms with E-state index in [0.717, 1.165) is 19.4 Å². The first kappa shape index (κ1) is 14.9. The molecule has 1 rings (SSSR count). The third kappa shape index (κ3) is 6.14. The maximum Gasteiger partial charge on any atom is 0.0502 e. The minimum Gasteiger partial charge on any atom is -0.366 e. The van der Waals surface area contributed by atoms with E-state index in [0.29, 0.717) is 0 Å². The summed E-state index contributed by atoms with van der Waals surface area (Å²) in [6, 6.07) is 6.76. The molecule has 0 saturated heterocycles. The van der Waals surface area contributed by atoms with Gasteiger partial charge in [0.1, 0.15) is 0 Å². The summed E-state index contributed by atoms with van der Waals surface area (Å²) >= 11 is 0. The van der Waals surface area contributed by atoms with E-state index in [-0.39, 0.29) is 12.4 Å². The van der Waals surface area contributed by atoms with Crippen molar-refractivity contribution in [2.24, 2.45) is 0 Å². The highest BCUT2D eigenvalue weighted by molar-refractivity contribution is 7.09. The summed E-state index contributed by atoms with van der Waals surface area (Å²) in [5, 5.41) is 0. The smallest absolute Gasteiger partial charge is 0.0502 e. The molecule has 86 valence electrons. The first-order valence-electron chi connectivity index (χ1n) is 5.11. The van der Waals surface area contributed by atoms with Crippen molar-refractivity contribution in [3.05, 3.63) is 34.9 Å². The molecule has 0 fully saturated rings. The topological polar surface area (TPSA) is 9.23 Å². The third-order valence-corrected chi connectivity index (χ3v) is 2.49. The zero-order chi connectivity index (χ0) is 10.4. The molecule has 15 heavy (non-hydrogen) atoms. The average molecular weight is 247 g/mol. The number of hydrogen-bond donors (Lipinski definition) is 0. The maximum absolute atomic E-state index is 4.94. The van der Waals surface area contributed by atoms with Crippen LogP contribution in [0.5, 0.6) is 0 Å². The number of aryl methyl sites for hydroxylation is 3. The lowest BCUT2D eigenvalue weighted by Crippen LogP contribution is -1.91. The molecule has 0 amide bonds. The predicted molar refractivity (Wildman–Crippen MR) is 71.8 cm³/mol. The first-order valence-corrected chi connectivity index (χ1v) is 5.58. The van der Waals surface area contributed by atoms with Gasteiger partial charge in [-0.2, -0.15) is 0 Å². The average Bonchev–Trinajstić information content (AvgIpc) is 2.11. The van der Waals surface area contributed by atoms with Crippen molar-refractivity contribution in [2.45, 2.75) is 33.1 Å². The van der Waals surface area contributed by atoms with Crippen LogP contribution in [0.1, 0.15) is 29.5 Å². The summed E-state index contributed by atoms with van der Waals surface area (Å²) in [7, 11) is 2.29. The normalized spacial score (nSPS) is 9.80. The van der Waals surface area contributed by atoms with Crippen molar-refractivity contribution >= 4 is 21.9 Å². The van der Waals surface area contributed by atoms with E-state index >= 15 is 0 Å². The number of rotatable bonds is 5. The molecular formula is C12H20ClOP. The van der Waals surface area contributed by atoms with Gasteiger partial charge in [-0.3, -0.25) is 0 Å². The maximum atomic E-state index is 4.94. The number of halogens is 1. The molecule has 0 spiro atoms. The van der Waals surface area contributed by atoms with Gasteiger partial charge < -0.3 is 4.52 Å². The lowest BCUT2D eigenvalue weighted by atomic mass is 10.0. The molecule has 0 N–H and O–H groups in total. The Balaban J connectivity index is 0.00000196. The van der Waals surface area contributed by atoms with Crippen LogP contribution in [0.2, 0.25) is 0 Å². The summed E-state index contributed by atoms with van der Waals surface area (Å²) in [5.74, 6) is 0. The van der Waals surface area contributed by atoms with Crippen molar-refractivity contribution in [2.75, 3.05) is 6.61 Å². The SMILES string of the molecule is Cc1cc(C)cc(CCCCOP)c1.Cl. The molecule has 1 aromatic carbocycles. The molecule has 0 radical (unpaired) electrons. The summed E-state index contributed by atoms with van der Waals surface area (Å²) in [4.78, 5) is 0. The van der Waals surface area contributed by atoms with Gasteiger partial charge in [0.2, 0.25) is 0 Å². The van der Waals surface area contributed by atoms with Crippen molar-refractivity contribution in [1.82, 2.24) is 0 Å². The van der Waals surface area contributed by atoms with Crippen molar-refractivity contribution < 1.29 is 4.52 Å². The summed E-state index contributed by atoms with van der Waals surface area (Å²) in [6.07, 6.45) is 3.50. The molecule has 3 heteroatoms. The highest BCUT2D eigenvalue weighted by atomic mass is 35.5. The van der Waals surface area contributed by atoms with Gasteiger partial charge >= 0.3 is 0 Å². The number of unbranched alkanes of at least 4 members (excludes halogenated alkanes) is 1. The minimum atomic E-state index is 0. The Kier molecular flexibility index (Phi) is 8.04. The second-order valence-electron chi connectivity index (χ2n) is 3.82. The Morgan fingerprint density at radius 3 is 2.20 bits per heavy atom. The molecule has 0 saturated carbocycles. The van der Waals surface area contributed by atoms with Gasteiger partial charge in [0.25, 0.3) is 0 Å². The third-order valence-electron chi connectivity index (χ3n) is 2.26. The zero-order valence-electron chi connectivity index (χ0n) is 9.45. The van der Waals surface area contributed by atoms with Gasteiger partial charge in [-0.05, 0) is 38.7 Å². The van der Waals surface area contributed by atoms with E-state index in [4.69, 9.17) is 4.52 Å². The highest BCUT2D eigenvalue weighted by Crippen LogP contribution is 2.11. The quantitative estimate of drug-likeness (QED) is 0.566. The van der Waals surface area contributed by atoms with Gasteiger partial charge in [0.15, 0.2) is 0 Å². The number of benzene rings is 1. The van der Waals surface area contributed by atoms with E-state index in [9.17, 15) is 0 Å². The Morgan fingerprint density at radius 1 is 1.07 bits per heavy atom. The second kappa shape index (κ2) is 8.10. The van der Waals surface area contributed by atoms with Gasteiger partial charge in [-0.25, -0.2) is 0 Å². The van der Waals surface area contributed by atoms with Crippen LogP contribution < -0.4 is 0 Å². The second-order valence-corrected chi connectivity index (χ2v) is 4.16. The van der Waals surface area contributed by atoms with Crippen LogP contribution in [0.4, 0.5) is 0 Å². The Hall–Kier alpha value is -0.100. The largest absolute Gasteiger partial charge is 0.366 e. The molecule has 0 aliphatic rings. The standard InChI is InChI=1S/C12H19OP.ClH/c1-10-7-11(2)9-12(8-10)5-3-4-6-13-14;/h7-9H,3-6,14H2,1-2H3;1H. The van der Waals surface area contributed by atoms with E-state index in [1.54, 1.807) is 0 Å². The molecule has 0 heterocycles. The van der Waals surface area contributed by atoms with Crippen LogP contribution >= 0.6 is 21.9 Å². The van der Waals surface area contributed by atoms with Gasteiger partial charge in [0, 0.05) is 9.47 Å².